The van der Waals surface area contributed by atoms with Gasteiger partial charge in [0.05, 0.1) is 0 Å². The van der Waals surface area contributed by atoms with E-state index in [1.165, 1.54) is 88.3 Å². The molecule has 2 atom stereocenters. The highest BCUT2D eigenvalue weighted by Crippen LogP contribution is 2.50. The van der Waals surface area contributed by atoms with Crippen LogP contribution in [-0.4, -0.2) is 0 Å². The zero-order valence-corrected chi connectivity index (χ0v) is 28.8. The summed E-state index contributed by atoms with van der Waals surface area (Å²) in [6, 6.07) is 67.1. The van der Waals surface area contributed by atoms with E-state index >= 15 is 0 Å². The van der Waals surface area contributed by atoms with Crippen LogP contribution in [0.2, 0.25) is 0 Å². The van der Waals surface area contributed by atoms with Gasteiger partial charge in [0.1, 0.15) is 0 Å². The highest BCUT2D eigenvalue weighted by atomic mass is 14.4. The summed E-state index contributed by atoms with van der Waals surface area (Å²) < 4.78 is 0. The lowest BCUT2D eigenvalue weighted by Gasteiger charge is -2.37. The summed E-state index contributed by atoms with van der Waals surface area (Å²) in [6.45, 7) is 0. The quantitative estimate of drug-likeness (QED) is 0.172. The third kappa shape index (κ3) is 5.15. The van der Waals surface area contributed by atoms with Crippen LogP contribution in [0, 0.1) is 5.92 Å². The fourth-order valence-electron chi connectivity index (χ4n) is 8.68. The summed E-state index contributed by atoms with van der Waals surface area (Å²) in [5.41, 5.74) is 15.5. The molecule has 0 bridgehead atoms. The average Bonchev–Trinajstić information content (AvgIpc) is 3.22. The second-order valence-electron chi connectivity index (χ2n) is 14.0. The Morgan fingerprint density at radius 3 is 1.96 bits per heavy atom. The minimum atomic E-state index is 0.249. The standard InChI is InChI=1S/C52H36/c1-2-15-38(16-3-1)50-44-20-7-6-14-37(44)31-32-45(50)42-19-12-18-41(33-42)36-25-28-39(29-26-36)51-46-21-8-10-23-48(46)52(49-24-11-9-22-47(49)51)43-30-27-35-13-4-5-17-40(35)34-43/h1-34,48,52H. The second kappa shape index (κ2) is 12.7. The molecule has 0 saturated carbocycles. The Hall–Kier alpha value is -6.50. The van der Waals surface area contributed by atoms with Crippen molar-refractivity contribution in [3.8, 4) is 33.4 Å². The van der Waals surface area contributed by atoms with Crippen molar-refractivity contribution < 1.29 is 0 Å². The van der Waals surface area contributed by atoms with Crippen LogP contribution < -0.4 is 0 Å². The first-order chi connectivity index (χ1) is 25.8. The van der Waals surface area contributed by atoms with E-state index in [0.29, 0.717) is 0 Å². The molecule has 0 heteroatoms. The van der Waals surface area contributed by atoms with Gasteiger partial charge in [-0.15, -0.1) is 0 Å². The van der Waals surface area contributed by atoms with Crippen molar-refractivity contribution >= 4 is 27.1 Å². The third-order valence-electron chi connectivity index (χ3n) is 11.1. The summed E-state index contributed by atoms with van der Waals surface area (Å²) in [4.78, 5) is 0. The van der Waals surface area contributed by atoms with Gasteiger partial charge in [-0.1, -0.05) is 200 Å². The number of hydrogen-bond donors (Lipinski definition) is 0. The molecule has 0 nitrogen and oxygen atoms in total. The first-order valence-corrected chi connectivity index (χ1v) is 18.3. The van der Waals surface area contributed by atoms with E-state index in [0.717, 1.165) is 0 Å². The zero-order chi connectivity index (χ0) is 34.4. The highest BCUT2D eigenvalue weighted by molar-refractivity contribution is 6.04. The lowest BCUT2D eigenvalue weighted by atomic mass is 9.66. The van der Waals surface area contributed by atoms with Crippen LogP contribution in [0.3, 0.4) is 0 Å². The van der Waals surface area contributed by atoms with E-state index < -0.39 is 0 Å². The van der Waals surface area contributed by atoms with Crippen LogP contribution in [0.15, 0.2) is 212 Å². The molecular weight excluding hydrogens is 625 g/mol. The summed E-state index contributed by atoms with van der Waals surface area (Å²) in [7, 11) is 0. The SMILES string of the molecule is C1=CC2=C(c3ccc(-c4cccc(-c5ccc6ccccc6c5-c5ccccc5)c4)cc3)c3ccccc3C(c3ccc4ccccc4c3)C2C=C1. The summed E-state index contributed by atoms with van der Waals surface area (Å²) in [6.07, 6.45) is 9.17. The number of fused-ring (bicyclic) bond motifs is 4. The minimum Gasteiger partial charge on any atom is -0.0760 e. The summed E-state index contributed by atoms with van der Waals surface area (Å²) in [5, 5.41) is 5.10. The van der Waals surface area contributed by atoms with Crippen LogP contribution in [-0.2, 0) is 0 Å². The number of allylic oxidation sites excluding steroid dienone is 5. The van der Waals surface area contributed by atoms with Crippen molar-refractivity contribution in [2.45, 2.75) is 5.92 Å². The van der Waals surface area contributed by atoms with E-state index in [9.17, 15) is 0 Å². The molecule has 2 aliphatic carbocycles. The molecule has 52 heavy (non-hydrogen) atoms. The van der Waals surface area contributed by atoms with Crippen LogP contribution >= 0.6 is 0 Å². The van der Waals surface area contributed by atoms with Gasteiger partial charge < -0.3 is 0 Å². The molecule has 8 aromatic rings. The van der Waals surface area contributed by atoms with Crippen molar-refractivity contribution in [1.29, 1.82) is 0 Å². The summed E-state index contributed by atoms with van der Waals surface area (Å²) in [5.74, 6) is 0.506. The lowest BCUT2D eigenvalue weighted by Crippen LogP contribution is -2.22. The van der Waals surface area contributed by atoms with E-state index in [2.05, 4.69) is 206 Å². The number of hydrogen-bond acceptors (Lipinski definition) is 0. The molecular formula is C52H36. The largest absolute Gasteiger partial charge is 0.0760 e. The van der Waals surface area contributed by atoms with Gasteiger partial charge in [-0.2, -0.15) is 0 Å². The van der Waals surface area contributed by atoms with Crippen molar-refractivity contribution in [3.63, 3.8) is 0 Å². The molecule has 0 aromatic heterocycles. The van der Waals surface area contributed by atoms with E-state index in [4.69, 9.17) is 0 Å². The van der Waals surface area contributed by atoms with Crippen LogP contribution in [0.4, 0.5) is 0 Å². The van der Waals surface area contributed by atoms with Gasteiger partial charge in [-0.25, -0.2) is 0 Å². The van der Waals surface area contributed by atoms with Gasteiger partial charge in [0.15, 0.2) is 0 Å². The molecule has 0 N–H and O–H groups in total. The van der Waals surface area contributed by atoms with E-state index in [-0.39, 0.29) is 11.8 Å². The Morgan fingerprint density at radius 2 is 1.08 bits per heavy atom. The van der Waals surface area contributed by atoms with Crippen molar-refractivity contribution in [3.05, 3.63) is 234 Å². The first kappa shape index (κ1) is 30.3. The molecule has 0 fully saturated rings. The molecule has 0 radical (unpaired) electrons. The highest BCUT2D eigenvalue weighted by Gasteiger charge is 2.35. The molecule has 2 unspecified atom stereocenters. The second-order valence-corrected chi connectivity index (χ2v) is 14.0. The van der Waals surface area contributed by atoms with Gasteiger partial charge in [0.2, 0.25) is 0 Å². The lowest BCUT2D eigenvalue weighted by molar-refractivity contribution is 0.649. The van der Waals surface area contributed by atoms with Gasteiger partial charge in [0.25, 0.3) is 0 Å². The fourth-order valence-corrected chi connectivity index (χ4v) is 8.68. The Kier molecular flexibility index (Phi) is 7.40. The number of benzene rings is 8. The smallest absolute Gasteiger partial charge is 0.0199 e. The van der Waals surface area contributed by atoms with Crippen LogP contribution in [0.1, 0.15) is 28.2 Å². The molecule has 8 aromatic carbocycles. The molecule has 244 valence electrons. The van der Waals surface area contributed by atoms with Gasteiger partial charge in [-0.3, -0.25) is 0 Å². The Morgan fingerprint density at radius 1 is 0.385 bits per heavy atom. The molecule has 0 saturated heterocycles. The van der Waals surface area contributed by atoms with Crippen LogP contribution in [0.25, 0.3) is 60.5 Å². The maximum atomic E-state index is 2.40. The predicted molar refractivity (Wildman–Crippen MR) is 220 cm³/mol. The molecule has 0 amide bonds. The predicted octanol–water partition coefficient (Wildman–Crippen LogP) is 13.7. The number of rotatable bonds is 5. The zero-order valence-electron chi connectivity index (χ0n) is 28.8. The fraction of sp³-hybridized carbons (Fsp3) is 0.0385. The Bertz CT molecular complexity index is 2720. The maximum Gasteiger partial charge on any atom is 0.0199 e. The van der Waals surface area contributed by atoms with E-state index in [1.54, 1.807) is 0 Å². The molecule has 0 spiro atoms. The third-order valence-corrected chi connectivity index (χ3v) is 11.1. The Labute approximate surface area is 305 Å². The molecule has 0 aliphatic heterocycles. The van der Waals surface area contributed by atoms with Crippen molar-refractivity contribution in [2.75, 3.05) is 0 Å². The van der Waals surface area contributed by atoms with Gasteiger partial charge in [-0.05, 0) is 94.4 Å². The van der Waals surface area contributed by atoms with Gasteiger partial charge >= 0.3 is 0 Å². The van der Waals surface area contributed by atoms with Crippen molar-refractivity contribution in [1.82, 2.24) is 0 Å². The Balaban J connectivity index is 1.05. The molecule has 2 aliphatic rings. The van der Waals surface area contributed by atoms with E-state index in [1.807, 2.05) is 0 Å². The normalized spacial score (nSPS) is 16.2. The molecule has 0 heterocycles. The minimum absolute atomic E-state index is 0.249. The van der Waals surface area contributed by atoms with Gasteiger partial charge in [0, 0.05) is 11.8 Å². The molecule has 10 rings (SSSR count). The average molecular weight is 661 g/mol. The monoisotopic (exact) mass is 660 g/mol. The summed E-state index contributed by atoms with van der Waals surface area (Å²) >= 11 is 0. The first-order valence-electron chi connectivity index (χ1n) is 18.3. The topological polar surface area (TPSA) is 0 Å². The van der Waals surface area contributed by atoms with Crippen molar-refractivity contribution in [2.24, 2.45) is 5.92 Å². The van der Waals surface area contributed by atoms with Crippen LogP contribution in [0.5, 0.6) is 0 Å². The maximum absolute atomic E-state index is 2.40.